The highest BCUT2D eigenvalue weighted by molar-refractivity contribution is 6.31. The molecule has 176 valence electrons. The molecule has 6 N–H and O–H groups in total. The Kier molecular flexibility index (Phi) is 6.83. The molecule has 1 fully saturated rings. The second-order valence-corrected chi connectivity index (χ2v) is 8.81. The number of halogens is 1. The van der Waals surface area contributed by atoms with Gasteiger partial charge in [-0.05, 0) is 61.2 Å². The number of amides is 1. The minimum absolute atomic E-state index is 0.202. The Hall–Kier alpha value is -3.46. The molecule has 1 atom stereocenters. The van der Waals surface area contributed by atoms with Crippen LogP contribution in [0.4, 0.5) is 17.1 Å². The molecule has 1 unspecified atom stereocenters. The van der Waals surface area contributed by atoms with Gasteiger partial charge >= 0.3 is 0 Å². The molecule has 2 aromatic carbocycles. The first-order valence-electron chi connectivity index (χ1n) is 10.8. The van der Waals surface area contributed by atoms with E-state index in [-0.39, 0.29) is 6.54 Å². The van der Waals surface area contributed by atoms with Crippen LogP contribution < -0.4 is 16.0 Å². The van der Waals surface area contributed by atoms with Crippen molar-refractivity contribution in [1.82, 2.24) is 10.3 Å². The van der Waals surface area contributed by atoms with Crippen LogP contribution in [-0.4, -0.2) is 32.9 Å². The molecule has 9 heteroatoms. The molecular formula is C25H26ClN5O3. The zero-order valence-corrected chi connectivity index (χ0v) is 19.4. The number of aliphatic hydroxyl groups excluding tert-OH is 1. The van der Waals surface area contributed by atoms with Crippen LogP contribution in [0.15, 0.2) is 54.9 Å². The van der Waals surface area contributed by atoms with E-state index in [0.29, 0.717) is 40.4 Å². The third-order valence-corrected chi connectivity index (χ3v) is 6.00. The van der Waals surface area contributed by atoms with E-state index in [1.54, 1.807) is 36.7 Å². The van der Waals surface area contributed by atoms with E-state index >= 15 is 0 Å². The highest BCUT2D eigenvalue weighted by atomic mass is 35.5. The fourth-order valence-electron chi connectivity index (χ4n) is 3.56. The predicted molar refractivity (Wildman–Crippen MR) is 133 cm³/mol. The molecule has 0 aliphatic heterocycles. The van der Waals surface area contributed by atoms with E-state index in [0.717, 1.165) is 16.8 Å². The van der Waals surface area contributed by atoms with Crippen molar-refractivity contribution < 1.29 is 15.0 Å². The fourth-order valence-corrected chi connectivity index (χ4v) is 3.79. The molecule has 1 aliphatic carbocycles. The summed E-state index contributed by atoms with van der Waals surface area (Å²) in [5.41, 5.74) is 3.48. The van der Waals surface area contributed by atoms with E-state index in [4.69, 9.17) is 17.0 Å². The standard InChI is InChI=1S/C25H26ClN5O3/c1-15-9-17(14-28-12-15)30-21-3-2-4-22(19(21)11-27)31-23(32)18-10-16(5-6-20(18)26)13-29-24(33)25(34)7-8-25/h2-6,9-12,14,23,27,30-32,34H,7-8,13H2,1H3,(H,29,33). The van der Waals surface area contributed by atoms with Gasteiger partial charge in [-0.1, -0.05) is 23.7 Å². The summed E-state index contributed by atoms with van der Waals surface area (Å²) in [6.07, 6.45) is 4.44. The Morgan fingerprint density at radius 2 is 2.00 bits per heavy atom. The minimum Gasteiger partial charge on any atom is -0.380 e. The summed E-state index contributed by atoms with van der Waals surface area (Å²) in [6, 6.07) is 12.4. The van der Waals surface area contributed by atoms with Crippen molar-refractivity contribution >= 4 is 40.8 Å². The number of rotatable bonds is 9. The van der Waals surface area contributed by atoms with Gasteiger partial charge in [-0.2, -0.15) is 0 Å². The number of nitrogens with one attached hydrogen (secondary N) is 4. The zero-order valence-electron chi connectivity index (χ0n) is 18.6. The second kappa shape index (κ2) is 9.80. The Morgan fingerprint density at radius 3 is 2.71 bits per heavy atom. The SMILES string of the molecule is Cc1cncc(Nc2cccc(NC(O)c3cc(CNC(=O)C4(O)CC4)ccc3Cl)c2C=N)c1. The molecule has 1 heterocycles. The van der Waals surface area contributed by atoms with Crippen molar-refractivity contribution in [3.05, 3.63) is 82.1 Å². The lowest BCUT2D eigenvalue weighted by atomic mass is 10.1. The molecule has 1 saturated carbocycles. The zero-order chi connectivity index (χ0) is 24.3. The van der Waals surface area contributed by atoms with Crippen molar-refractivity contribution in [2.45, 2.75) is 38.1 Å². The number of aromatic nitrogens is 1. The van der Waals surface area contributed by atoms with Crippen LogP contribution in [0.5, 0.6) is 0 Å². The van der Waals surface area contributed by atoms with E-state index in [1.165, 1.54) is 6.21 Å². The Morgan fingerprint density at radius 1 is 1.24 bits per heavy atom. The minimum atomic E-state index is -1.24. The number of nitrogens with zero attached hydrogens (tertiary/aromatic N) is 1. The number of benzene rings is 2. The molecule has 0 spiro atoms. The highest BCUT2D eigenvalue weighted by Crippen LogP contribution is 2.35. The first-order chi connectivity index (χ1) is 16.3. The van der Waals surface area contributed by atoms with E-state index < -0.39 is 17.7 Å². The van der Waals surface area contributed by atoms with Crippen LogP contribution in [0.25, 0.3) is 0 Å². The molecule has 3 aromatic rings. The van der Waals surface area contributed by atoms with E-state index in [1.807, 2.05) is 25.1 Å². The lowest BCUT2D eigenvalue weighted by Gasteiger charge is -2.20. The number of aryl methyl sites for hydroxylation is 1. The van der Waals surface area contributed by atoms with Gasteiger partial charge in [-0.3, -0.25) is 9.78 Å². The van der Waals surface area contributed by atoms with Gasteiger partial charge in [0.05, 0.1) is 11.9 Å². The number of hydrogen-bond acceptors (Lipinski definition) is 7. The Bertz CT molecular complexity index is 1230. The normalized spacial score (nSPS) is 14.7. The quantitative estimate of drug-likeness (QED) is 0.203. The molecule has 4 rings (SSSR count). The van der Waals surface area contributed by atoms with Gasteiger partial charge in [0, 0.05) is 46.5 Å². The van der Waals surface area contributed by atoms with Gasteiger partial charge < -0.3 is 31.6 Å². The van der Waals surface area contributed by atoms with Crippen LogP contribution in [0.3, 0.4) is 0 Å². The van der Waals surface area contributed by atoms with Crippen LogP contribution in [-0.2, 0) is 11.3 Å². The maximum atomic E-state index is 12.0. The second-order valence-electron chi connectivity index (χ2n) is 8.40. The lowest BCUT2D eigenvalue weighted by molar-refractivity contribution is -0.131. The number of hydrogen-bond donors (Lipinski definition) is 6. The Balaban J connectivity index is 1.51. The molecule has 0 saturated heterocycles. The number of anilines is 3. The Labute approximate surface area is 202 Å². The molecule has 8 nitrogen and oxygen atoms in total. The summed E-state index contributed by atoms with van der Waals surface area (Å²) < 4.78 is 0. The van der Waals surface area contributed by atoms with Crippen LogP contribution in [0.2, 0.25) is 5.02 Å². The molecule has 1 aromatic heterocycles. The molecule has 1 amide bonds. The van der Waals surface area contributed by atoms with Crippen molar-refractivity contribution in [2.24, 2.45) is 0 Å². The van der Waals surface area contributed by atoms with Gasteiger partial charge in [-0.15, -0.1) is 0 Å². The predicted octanol–water partition coefficient (Wildman–Crippen LogP) is 4.03. The third kappa shape index (κ3) is 5.36. The maximum Gasteiger partial charge on any atom is 0.252 e. The first-order valence-corrected chi connectivity index (χ1v) is 11.2. The van der Waals surface area contributed by atoms with Gasteiger partial charge in [0.1, 0.15) is 5.60 Å². The van der Waals surface area contributed by atoms with Crippen molar-refractivity contribution in [1.29, 1.82) is 5.41 Å². The summed E-state index contributed by atoms with van der Waals surface area (Å²) in [5.74, 6) is -0.397. The van der Waals surface area contributed by atoms with Gasteiger partial charge in [0.25, 0.3) is 5.91 Å². The van der Waals surface area contributed by atoms with Crippen LogP contribution in [0, 0.1) is 12.3 Å². The average Bonchev–Trinajstić information content (AvgIpc) is 3.57. The topological polar surface area (TPSA) is 130 Å². The molecule has 0 radical (unpaired) electrons. The van der Waals surface area contributed by atoms with E-state index in [9.17, 15) is 15.0 Å². The molecular weight excluding hydrogens is 454 g/mol. The lowest BCUT2D eigenvalue weighted by Crippen LogP contribution is -2.35. The van der Waals surface area contributed by atoms with E-state index in [2.05, 4.69) is 20.9 Å². The van der Waals surface area contributed by atoms with Gasteiger partial charge in [0.2, 0.25) is 0 Å². The fraction of sp³-hybridized carbons (Fsp3) is 0.240. The molecule has 34 heavy (non-hydrogen) atoms. The summed E-state index contributed by atoms with van der Waals surface area (Å²) in [6.45, 7) is 2.15. The van der Waals surface area contributed by atoms with Crippen molar-refractivity contribution in [3.63, 3.8) is 0 Å². The molecule has 0 bridgehead atoms. The summed E-state index contributed by atoms with van der Waals surface area (Å²) in [5, 5.41) is 38.1. The number of carbonyl (C=O) groups excluding carboxylic acids is 1. The van der Waals surface area contributed by atoms with Crippen molar-refractivity contribution in [2.75, 3.05) is 10.6 Å². The third-order valence-electron chi connectivity index (χ3n) is 5.65. The molecule has 1 aliphatic rings. The summed E-state index contributed by atoms with van der Waals surface area (Å²) in [7, 11) is 0. The number of carbonyl (C=O) groups is 1. The smallest absolute Gasteiger partial charge is 0.252 e. The summed E-state index contributed by atoms with van der Waals surface area (Å²) >= 11 is 6.34. The number of pyridine rings is 1. The van der Waals surface area contributed by atoms with Gasteiger partial charge in [-0.25, -0.2) is 0 Å². The highest BCUT2D eigenvalue weighted by Gasteiger charge is 2.47. The van der Waals surface area contributed by atoms with Crippen LogP contribution in [0.1, 0.15) is 41.3 Å². The van der Waals surface area contributed by atoms with Gasteiger partial charge in [0.15, 0.2) is 6.23 Å². The largest absolute Gasteiger partial charge is 0.380 e. The summed E-state index contributed by atoms with van der Waals surface area (Å²) in [4.78, 5) is 16.2. The van der Waals surface area contributed by atoms with Crippen LogP contribution >= 0.6 is 11.6 Å². The monoisotopic (exact) mass is 479 g/mol. The first kappa shape index (κ1) is 23.7. The maximum absolute atomic E-state index is 12.0. The van der Waals surface area contributed by atoms with Crippen molar-refractivity contribution in [3.8, 4) is 0 Å². The number of aliphatic hydroxyl groups is 2. The average molecular weight is 480 g/mol.